The number of likely N-dealkylation sites (tertiary alicyclic amines) is 1. The van der Waals surface area contributed by atoms with Gasteiger partial charge in [0, 0.05) is 25.6 Å². The SMILES string of the molecule is C=CCn1c(SCC(=O)N2CCC(C)CC2)nnc1C1CC1. The molecule has 1 aliphatic heterocycles. The van der Waals surface area contributed by atoms with Crippen LogP contribution in [0.25, 0.3) is 0 Å². The molecule has 1 aromatic heterocycles. The zero-order valence-corrected chi connectivity index (χ0v) is 14.0. The molecule has 0 aromatic carbocycles. The smallest absolute Gasteiger partial charge is 0.233 e. The summed E-state index contributed by atoms with van der Waals surface area (Å²) in [5.74, 6) is 3.03. The van der Waals surface area contributed by atoms with Crippen LogP contribution in [0.1, 0.15) is 44.3 Å². The Bertz CT molecular complexity index is 544. The molecule has 6 heteroatoms. The zero-order valence-electron chi connectivity index (χ0n) is 13.2. The van der Waals surface area contributed by atoms with E-state index in [1.165, 1.54) is 24.6 Å². The first-order valence-electron chi connectivity index (χ1n) is 8.13. The second-order valence-corrected chi connectivity index (χ2v) is 7.31. The standard InChI is InChI=1S/C16H24N4OS/c1-3-8-20-15(13-4-5-13)17-18-16(20)22-11-14(21)19-9-6-12(2)7-10-19/h3,12-13H,1,4-11H2,2H3. The zero-order chi connectivity index (χ0) is 15.5. The van der Waals surface area contributed by atoms with Crippen molar-refractivity contribution in [2.45, 2.75) is 50.2 Å². The molecular weight excluding hydrogens is 296 g/mol. The van der Waals surface area contributed by atoms with E-state index in [4.69, 9.17) is 0 Å². The molecule has 1 amide bonds. The number of thioether (sulfide) groups is 1. The van der Waals surface area contributed by atoms with Crippen LogP contribution in [0.2, 0.25) is 0 Å². The van der Waals surface area contributed by atoms with Gasteiger partial charge in [0.2, 0.25) is 5.91 Å². The van der Waals surface area contributed by atoms with Crippen molar-refractivity contribution < 1.29 is 4.79 Å². The molecule has 2 heterocycles. The van der Waals surface area contributed by atoms with E-state index in [1.54, 1.807) is 0 Å². The van der Waals surface area contributed by atoms with E-state index in [0.29, 0.717) is 11.7 Å². The molecule has 0 radical (unpaired) electrons. The van der Waals surface area contributed by atoms with Gasteiger partial charge >= 0.3 is 0 Å². The third-order valence-corrected chi connectivity index (χ3v) is 5.41. The summed E-state index contributed by atoms with van der Waals surface area (Å²) in [4.78, 5) is 14.3. The molecular formula is C16H24N4OS. The second-order valence-electron chi connectivity index (χ2n) is 6.37. The lowest BCUT2D eigenvalue weighted by atomic mass is 9.99. The summed E-state index contributed by atoms with van der Waals surface area (Å²) < 4.78 is 2.11. The van der Waals surface area contributed by atoms with Crippen molar-refractivity contribution in [1.82, 2.24) is 19.7 Å². The number of amides is 1. The molecule has 0 bridgehead atoms. The number of carbonyl (C=O) groups excluding carboxylic acids is 1. The van der Waals surface area contributed by atoms with Gasteiger partial charge in [-0.25, -0.2) is 0 Å². The lowest BCUT2D eigenvalue weighted by Crippen LogP contribution is -2.38. The largest absolute Gasteiger partial charge is 0.342 e. The normalized spacial score (nSPS) is 19.4. The Balaban J connectivity index is 1.58. The molecule has 1 aromatic rings. The van der Waals surface area contributed by atoms with E-state index in [9.17, 15) is 4.79 Å². The Morgan fingerprint density at radius 2 is 2.05 bits per heavy atom. The first kappa shape index (κ1) is 15.6. The van der Waals surface area contributed by atoms with Crippen LogP contribution >= 0.6 is 11.8 Å². The highest BCUT2D eigenvalue weighted by atomic mass is 32.2. The van der Waals surface area contributed by atoms with Gasteiger partial charge in [0.15, 0.2) is 5.16 Å². The predicted octanol–water partition coefficient (Wildman–Crippen LogP) is 2.69. The lowest BCUT2D eigenvalue weighted by molar-refractivity contribution is -0.129. The number of allylic oxidation sites excluding steroid dienone is 1. The van der Waals surface area contributed by atoms with E-state index in [-0.39, 0.29) is 5.91 Å². The summed E-state index contributed by atoms with van der Waals surface area (Å²) >= 11 is 1.51. The maximum atomic E-state index is 12.3. The average Bonchev–Trinajstić information content (AvgIpc) is 3.29. The summed E-state index contributed by atoms with van der Waals surface area (Å²) in [6.07, 6.45) is 6.51. The van der Waals surface area contributed by atoms with Crippen LogP contribution in [0, 0.1) is 5.92 Å². The topological polar surface area (TPSA) is 51.0 Å². The molecule has 0 unspecified atom stereocenters. The maximum Gasteiger partial charge on any atom is 0.233 e. The van der Waals surface area contributed by atoms with Gasteiger partial charge in [0.25, 0.3) is 0 Å². The van der Waals surface area contributed by atoms with E-state index in [1.807, 2.05) is 11.0 Å². The summed E-state index contributed by atoms with van der Waals surface area (Å²) in [6, 6.07) is 0. The van der Waals surface area contributed by atoms with Gasteiger partial charge in [-0.15, -0.1) is 16.8 Å². The predicted molar refractivity (Wildman–Crippen MR) is 87.9 cm³/mol. The third kappa shape index (κ3) is 3.54. The van der Waals surface area contributed by atoms with Gasteiger partial charge < -0.3 is 9.47 Å². The molecule has 22 heavy (non-hydrogen) atoms. The lowest BCUT2D eigenvalue weighted by Gasteiger charge is -2.30. The van der Waals surface area contributed by atoms with Crippen LogP contribution < -0.4 is 0 Å². The minimum Gasteiger partial charge on any atom is -0.342 e. The minimum absolute atomic E-state index is 0.220. The van der Waals surface area contributed by atoms with E-state index >= 15 is 0 Å². The molecule has 3 rings (SSSR count). The van der Waals surface area contributed by atoms with Gasteiger partial charge in [-0.1, -0.05) is 24.8 Å². The average molecular weight is 320 g/mol. The van der Waals surface area contributed by atoms with Gasteiger partial charge in [0.1, 0.15) is 5.82 Å². The highest BCUT2D eigenvalue weighted by molar-refractivity contribution is 7.99. The summed E-state index contributed by atoms with van der Waals surface area (Å²) in [5, 5.41) is 9.45. The fourth-order valence-corrected chi connectivity index (χ4v) is 3.68. The molecule has 0 spiro atoms. The molecule has 2 aliphatic rings. The van der Waals surface area contributed by atoms with Crippen molar-refractivity contribution in [1.29, 1.82) is 0 Å². The Morgan fingerprint density at radius 1 is 1.32 bits per heavy atom. The van der Waals surface area contributed by atoms with Gasteiger partial charge in [-0.3, -0.25) is 4.79 Å². The molecule has 120 valence electrons. The monoisotopic (exact) mass is 320 g/mol. The van der Waals surface area contributed by atoms with Crippen LogP contribution in [0.3, 0.4) is 0 Å². The number of aromatic nitrogens is 3. The molecule has 0 N–H and O–H groups in total. The molecule has 0 atom stereocenters. The van der Waals surface area contributed by atoms with Gasteiger partial charge in [0.05, 0.1) is 5.75 Å². The van der Waals surface area contributed by atoms with Crippen molar-refractivity contribution in [3.63, 3.8) is 0 Å². The second kappa shape index (κ2) is 6.86. The van der Waals surface area contributed by atoms with E-state index < -0.39 is 0 Å². The fourth-order valence-electron chi connectivity index (χ4n) is 2.83. The third-order valence-electron chi connectivity index (χ3n) is 4.46. The molecule has 1 saturated heterocycles. The van der Waals surface area contributed by atoms with Crippen molar-refractivity contribution in [3.05, 3.63) is 18.5 Å². The van der Waals surface area contributed by atoms with Crippen LogP contribution in [0.15, 0.2) is 17.8 Å². The van der Waals surface area contributed by atoms with Crippen molar-refractivity contribution in [2.24, 2.45) is 5.92 Å². The first-order chi connectivity index (χ1) is 10.7. The number of piperidine rings is 1. The highest BCUT2D eigenvalue weighted by Crippen LogP contribution is 2.40. The summed E-state index contributed by atoms with van der Waals surface area (Å²) in [5.41, 5.74) is 0. The number of rotatable bonds is 6. The van der Waals surface area contributed by atoms with Crippen LogP contribution in [-0.2, 0) is 11.3 Å². The van der Waals surface area contributed by atoms with E-state index in [2.05, 4.69) is 28.3 Å². The van der Waals surface area contributed by atoms with Crippen LogP contribution in [0.4, 0.5) is 0 Å². The molecule has 2 fully saturated rings. The maximum absolute atomic E-state index is 12.3. The fraction of sp³-hybridized carbons (Fsp3) is 0.688. The molecule has 1 aliphatic carbocycles. The van der Waals surface area contributed by atoms with Crippen LogP contribution in [-0.4, -0.2) is 44.4 Å². The van der Waals surface area contributed by atoms with Gasteiger partial charge in [-0.05, 0) is 31.6 Å². The quantitative estimate of drug-likeness (QED) is 0.597. The summed E-state index contributed by atoms with van der Waals surface area (Å²) in [7, 11) is 0. The minimum atomic E-state index is 0.220. The summed E-state index contributed by atoms with van der Waals surface area (Å²) in [6.45, 7) is 8.58. The van der Waals surface area contributed by atoms with Crippen molar-refractivity contribution in [2.75, 3.05) is 18.8 Å². The highest BCUT2D eigenvalue weighted by Gasteiger charge is 2.30. The van der Waals surface area contributed by atoms with Crippen molar-refractivity contribution >= 4 is 17.7 Å². The molecule has 5 nitrogen and oxygen atoms in total. The Hall–Kier alpha value is -1.30. The van der Waals surface area contributed by atoms with Gasteiger partial charge in [-0.2, -0.15) is 0 Å². The molecule has 1 saturated carbocycles. The van der Waals surface area contributed by atoms with E-state index in [0.717, 1.165) is 49.4 Å². The number of hydrogen-bond acceptors (Lipinski definition) is 4. The number of carbonyl (C=O) groups is 1. The van der Waals surface area contributed by atoms with Crippen LogP contribution in [0.5, 0.6) is 0 Å². The van der Waals surface area contributed by atoms with Crippen molar-refractivity contribution in [3.8, 4) is 0 Å². The number of hydrogen-bond donors (Lipinski definition) is 0. The Morgan fingerprint density at radius 3 is 2.68 bits per heavy atom. The Kier molecular flexibility index (Phi) is 4.86. The number of nitrogens with zero attached hydrogens (tertiary/aromatic N) is 4. The first-order valence-corrected chi connectivity index (χ1v) is 9.12. The Labute approximate surface area is 136 Å².